The van der Waals surface area contributed by atoms with Crippen molar-refractivity contribution in [3.8, 4) is 28.5 Å². The molecule has 0 aliphatic carbocycles. The zero-order valence-electron chi connectivity index (χ0n) is 17.7. The van der Waals surface area contributed by atoms with Crippen LogP contribution in [0.5, 0.6) is 17.2 Å². The minimum atomic E-state index is -1.58. The first-order chi connectivity index (χ1) is 16.1. The van der Waals surface area contributed by atoms with Gasteiger partial charge in [-0.2, -0.15) is 0 Å². The molecule has 176 valence electrons. The third-order valence-electron chi connectivity index (χ3n) is 4.29. The standard InChI is InChI=1S/C21H16N2O11/c1-3-16(24)32-15-8-10(7-13(23(29)30)19(15)34-17(25)4-2)18-20(26)33-14-6-5-11(31-21(27)28)9-12(14)22-18/h5-9H,3-4H2,1-2H3,(H,27,28). The fourth-order valence-corrected chi connectivity index (χ4v) is 2.75. The molecule has 0 saturated heterocycles. The lowest BCUT2D eigenvalue weighted by atomic mass is 10.1. The second kappa shape index (κ2) is 9.77. The lowest BCUT2D eigenvalue weighted by molar-refractivity contribution is -0.385. The van der Waals surface area contributed by atoms with Crippen LogP contribution in [0.25, 0.3) is 22.4 Å². The lowest BCUT2D eigenvalue weighted by Gasteiger charge is -2.12. The van der Waals surface area contributed by atoms with E-state index in [2.05, 4.69) is 9.72 Å². The van der Waals surface area contributed by atoms with E-state index in [-0.39, 0.29) is 35.3 Å². The number of nitro groups is 1. The molecule has 3 rings (SSSR count). The first kappa shape index (κ1) is 23.8. The van der Waals surface area contributed by atoms with Gasteiger partial charge in [0.25, 0.3) is 5.75 Å². The summed E-state index contributed by atoms with van der Waals surface area (Å²) in [5, 5.41) is 20.5. The molecule has 0 spiro atoms. The number of rotatable bonds is 7. The number of esters is 2. The van der Waals surface area contributed by atoms with Crippen molar-refractivity contribution in [2.75, 3.05) is 0 Å². The number of hydrogen-bond donors (Lipinski definition) is 1. The number of fused-ring (bicyclic) bond motifs is 1. The molecule has 0 saturated carbocycles. The van der Waals surface area contributed by atoms with Crippen LogP contribution >= 0.6 is 0 Å². The molecular weight excluding hydrogens is 456 g/mol. The van der Waals surface area contributed by atoms with Crippen LogP contribution in [0.15, 0.2) is 39.5 Å². The summed E-state index contributed by atoms with van der Waals surface area (Å²) in [6.45, 7) is 2.95. The van der Waals surface area contributed by atoms with Gasteiger partial charge in [-0.05, 0) is 18.2 Å². The highest BCUT2D eigenvalue weighted by atomic mass is 16.7. The van der Waals surface area contributed by atoms with Gasteiger partial charge in [-0.15, -0.1) is 0 Å². The quantitative estimate of drug-likeness (QED) is 0.174. The number of benzene rings is 2. The van der Waals surface area contributed by atoms with Crippen LogP contribution in [-0.2, 0) is 9.59 Å². The van der Waals surface area contributed by atoms with Crippen molar-refractivity contribution in [2.45, 2.75) is 26.7 Å². The van der Waals surface area contributed by atoms with E-state index in [1.807, 2.05) is 0 Å². The van der Waals surface area contributed by atoms with Crippen LogP contribution in [0.2, 0.25) is 0 Å². The molecule has 1 heterocycles. The van der Waals surface area contributed by atoms with Crippen molar-refractivity contribution in [3.05, 3.63) is 50.9 Å². The Hall–Kier alpha value is -4.81. The molecule has 1 aromatic heterocycles. The lowest BCUT2D eigenvalue weighted by Crippen LogP contribution is -2.13. The fraction of sp³-hybridized carbons (Fsp3) is 0.190. The number of ether oxygens (including phenoxy) is 3. The molecule has 0 unspecified atom stereocenters. The van der Waals surface area contributed by atoms with Gasteiger partial charge in [-0.3, -0.25) is 19.7 Å². The number of aromatic nitrogens is 1. The minimum absolute atomic E-state index is 0.00425. The molecule has 1 N–H and O–H groups in total. The summed E-state index contributed by atoms with van der Waals surface area (Å²) < 4.78 is 19.9. The van der Waals surface area contributed by atoms with Crippen molar-refractivity contribution in [1.82, 2.24) is 4.98 Å². The van der Waals surface area contributed by atoms with Crippen molar-refractivity contribution in [1.29, 1.82) is 0 Å². The average Bonchev–Trinajstić information content (AvgIpc) is 2.78. The second-order valence-corrected chi connectivity index (χ2v) is 6.58. The van der Waals surface area contributed by atoms with Gasteiger partial charge in [0.2, 0.25) is 0 Å². The zero-order chi connectivity index (χ0) is 25.0. The Morgan fingerprint density at radius 1 is 1.06 bits per heavy atom. The molecule has 0 aliphatic rings. The third-order valence-corrected chi connectivity index (χ3v) is 4.29. The molecule has 0 aliphatic heterocycles. The molecule has 0 bridgehead atoms. The Bertz CT molecular complexity index is 1380. The van der Waals surface area contributed by atoms with Crippen LogP contribution in [0.3, 0.4) is 0 Å². The van der Waals surface area contributed by atoms with Crippen LogP contribution in [0, 0.1) is 10.1 Å². The molecule has 2 aromatic carbocycles. The van der Waals surface area contributed by atoms with Gasteiger partial charge in [-0.25, -0.2) is 14.6 Å². The fourth-order valence-electron chi connectivity index (χ4n) is 2.75. The minimum Gasteiger partial charge on any atom is -0.449 e. The van der Waals surface area contributed by atoms with Crippen molar-refractivity contribution in [3.63, 3.8) is 0 Å². The topological polar surface area (TPSA) is 185 Å². The molecule has 0 fully saturated rings. The molecule has 0 atom stereocenters. The molecule has 0 radical (unpaired) electrons. The van der Waals surface area contributed by atoms with E-state index >= 15 is 0 Å². The van der Waals surface area contributed by atoms with Gasteiger partial charge in [-0.1, -0.05) is 13.8 Å². The van der Waals surface area contributed by atoms with Gasteiger partial charge >= 0.3 is 29.4 Å². The Balaban J connectivity index is 2.24. The van der Waals surface area contributed by atoms with Gasteiger partial charge in [0, 0.05) is 30.5 Å². The summed E-state index contributed by atoms with van der Waals surface area (Å²) in [5.41, 5.74) is -2.34. The SMILES string of the molecule is CCC(=O)Oc1cc(-c2nc3cc(OC(=O)O)ccc3oc2=O)cc([N+](=O)[O-])c1OC(=O)CC. The summed E-state index contributed by atoms with van der Waals surface area (Å²) in [7, 11) is 0. The first-order valence-electron chi connectivity index (χ1n) is 9.72. The summed E-state index contributed by atoms with van der Waals surface area (Å²) in [5.74, 6) is -2.79. The Morgan fingerprint density at radius 2 is 1.74 bits per heavy atom. The zero-order valence-corrected chi connectivity index (χ0v) is 17.7. The van der Waals surface area contributed by atoms with E-state index in [4.69, 9.17) is 19.0 Å². The van der Waals surface area contributed by atoms with Crippen molar-refractivity contribution in [2.24, 2.45) is 0 Å². The maximum atomic E-state index is 12.6. The number of hydrogen-bond acceptors (Lipinski definition) is 11. The summed E-state index contributed by atoms with van der Waals surface area (Å²) >= 11 is 0. The maximum Gasteiger partial charge on any atom is 0.511 e. The van der Waals surface area contributed by atoms with Gasteiger partial charge in [0.05, 0.1) is 4.92 Å². The number of carbonyl (C=O) groups excluding carboxylic acids is 2. The molecular formula is C21H16N2O11. The summed E-state index contributed by atoms with van der Waals surface area (Å²) in [4.78, 5) is 62.0. The molecule has 34 heavy (non-hydrogen) atoms. The number of carbonyl (C=O) groups is 3. The third kappa shape index (κ3) is 5.15. The van der Waals surface area contributed by atoms with E-state index < -0.39 is 51.5 Å². The number of nitrogens with zero attached hydrogens (tertiary/aromatic N) is 2. The van der Waals surface area contributed by atoms with Gasteiger partial charge in [0.15, 0.2) is 17.0 Å². The van der Waals surface area contributed by atoms with Crippen LogP contribution in [-0.4, -0.2) is 33.1 Å². The summed E-state index contributed by atoms with van der Waals surface area (Å²) in [6, 6.07) is 5.66. The normalized spacial score (nSPS) is 10.5. The predicted molar refractivity (Wildman–Crippen MR) is 113 cm³/mol. The van der Waals surface area contributed by atoms with Gasteiger partial charge < -0.3 is 23.7 Å². The Morgan fingerprint density at radius 3 is 2.35 bits per heavy atom. The van der Waals surface area contributed by atoms with Crippen molar-refractivity contribution < 1.29 is 43.0 Å². The number of carboxylic acid groups (broad SMARTS) is 1. The monoisotopic (exact) mass is 472 g/mol. The Kier molecular flexibility index (Phi) is 6.85. The second-order valence-electron chi connectivity index (χ2n) is 6.58. The highest BCUT2D eigenvalue weighted by Gasteiger charge is 2.28. The van der Waals surface area contributed by atoms with Gasteiger partial charge in [0.1, 0.15) is 11.3 Å². The number of nitro benzene ring substituents is 1. The van der Waals surface area contributed by atoms with Crippen LogP contribution in [0.1, 0.15) is 26.7 Å². The molecule has 0 amide bonds. The molecule has 3 aromatic rings. The van der Waals surface area contributed by atoms with E-state index in [1.165, 1.54) is 32.0 Å². The largest absolute Gasteiger partial charge is 0.511 e. The first-order valence-corrected chi connectivity index (χ1v) is 9.72. The van der Waals surface area contributed by atoms with Crippen molar-refractivity contribution >= 4 is 34.9 Å². The van der Waals surface area contributed by atoms with E-state index in [0.717, 1.165) is 12.1 Å². The smallest absolute Gasteiger partial charge is 0.449 e. The highest BCUT2D eigenvalue weighted by molar-refractivity contribution is 5.82. The molecule has 13 nitrogen and oxygen atoms in total. The van der Waals surface area contributed by atoms with Crippen LogP contribution < -0.4 is 19.8 Å². The van der Waals surface area contributed by atoms with E-state index in [1.54, 1.807) is 0 Å². The van der Waals surface area contributed by atoms with E-state index in [0.29, 0.717) is 0 Å². The highest BCUT2D eigenvalue weighted by Crippen LogP contribution is 2.41. The van der Waals surface area contributed by atoms with Crippen LogP contribution in [0.4, 0.5) is 10.5 Å². The molecule has 13 heteroatoms. The van der Waals surface area contributed by atoms with E-state index in [9.17, 15) is 29.3 Å². The summed E-state index contributed by atoms with van der Waals surface area (Å²) in [6.07, 6.45) is -1.79. The maximum absolute atomic E-state index is 12.6. The Labute approximate surface area is 189 Å². The average molecular weight is 472 g/mol. The predicted octanol–water partition coefficient (Wildman–Crippen LogP) is 3.45.